The van der Waals surface area contributed by atoms with Gasteiger partial charge < -0.3 is 14.9 Å². The van der Waals surface area contributed by atoms with Crippen molar-refractivity contribution in [3.63, 3.8) is 0 Å². The molecule has 8 nitrogen and oxygen atoms in total. The number of hydrogen-bond donors (Lipinski definition) is 1. The molecule has 100 valence electrons. The van der Waals surface area contributed by atoms with E-state index in [0.717, 1.165) is 0 Å². The maximum Gasteiger partial charge on any atom is 0.310 e. The number of ether oxygens (including phenoxy) is 1. The standard InChI is InChI=1S/C11H12N4O4/c1-6(12)10-13-14-11(19-10)7-3-4-8(15(16)17)9(5-7)18-2/h3-6H,12H2,1-2H3. The van der Waals surface area contributed by atoms with Crippen LogP contribution >= 0.6 is 0 Å². The summed E-state index contributed by atoms with van der Waals surface area (Å²) in [7, 11) is 1.35. The molecule has 2 aromatic rings. The van der Waals surface area contributed by atoms with Gasteiger partial charge in [0.2, 0.25) is 11.8 Å². The van der Waals surface area contributed by atoms with Crippen LogP contribution < -0.4 is 10.5 Å². The average Bonchev–Trinajstić information content (AvgIpc) is 2.87. The molecular formula is C11H12N4O4. The Balaban J connectivity index is 2.42. The molecule has 0 aliphatic heterocycles. The van der Waals surface area contributed by atoms with Crippen LogP contribution in [0.2, 0.25) is 0 Å². The van der Waals surface area contributed by atoms with E-state index in [2.05, 4.69) is 10.2 Å². The van der Waals surface area contributed by atoms with Crippen molar-refractivity contribution in [3.05, 3.63) is 34.2 Å². The van der Waals surface area contributed by atoms with Crippen LogP contribution in [0, 0.1) is 10.1 Å². The minimum atomic E-state index is -0.524. The Morgan fingerprint density at radius 3 is 2.74 bits per heavy atom. The molecule has 1 heterocycles. The zero-order chi connectivity index (χ0) is 14.0. The molecule has 1 atom stereocenters. The molecule has 2 rings (SSSR count). The first kappa shape index (κ1) is 13.0. The zero-order valence-corrected chi connectivity index (χ0v) is 10.4. The van der Waals surface area contributed by atoms with Crippen LogP contribution in [-0.4, -0.2) is 22.2 Å². The van der Waals surface area contributed by atoms with Crippen molar-refractivity contribution in [2.75, 3.05) is 7.11 Å². The monoisotopic (exact) mass is 264 g/mol. The molecule has 8 heteroatoms. The van der Waals surface area contributed by atoms with E-state index in [0.29, 0.717) is 11.5 Å². The quantitative estimate of drug-likeness (QED) is 0.659. The van der Waals surface area contributed by atoms with Gasteiger partial charge in [-0.3, -0.25) is 10.1 Å². The fourth-order valence-electron chi connectivity index (χ4n) is 1.50. The van der Waals surface area contributed by atoms with Gasteiger partial charge in [0.15, 0.2) is 5.75 Å². The van der Waals surface area contributed by atoms with Gasteiger partial charge in [-0.25, -0.2) is 0 Å². The maximum absolute atomic E-state index is 10.8. The van der Waals surface area contributed by atoms with Crippen molar-refractivity contribution >= 4 is 5.69 Å². The fourth-order valence-corrected chi connectivity index (χ4v) is 1.50. The van der Waals surface area contributed by atoms with E-state index >= 15 is 0 Å². The molecule has 0 saturated heterocycles. The molecular weight excluding hydrogens is 252 g/mol. The smallest absolute Gasteiger partial charge is 0.310 e. The number of nitro benzene ring substituents is 1. The summed E-state index contributed by atoms with van der Waals surface area (Å²) in [4.78, 5) is 10.3. The molecule has 1 unspecified atom stereocenters. The van der Waals surface area contributed by atoms with Gasteiger partial charge in [0.25, 0.3) is 0 Å². The van der Waals surface area contributed by atoms with Gasteiger partial charge in [0, 0.05) is 17.7 Å². The van der Waals surface area contributed by atoms with E-state index in [1.165, 1.54) is 25.3 Å². The highest BCUT2D eigenvalue weighted by atomic mass is 16.6. The van der Waals surface area contributed by atoms with E-state index in [-0.39, 0.29) is 23.4 Å². The van der Waals surface area contributed by atoms with E-state index in [4.69, 9.17) is 14.9 Å². The third-order valence-corrected chi connectivity index (χ3v) is 2.45. The highest BCUT2D eigenvalue weighted by molar-refractivity contribution is 5.61. The number of hydrogen-bond acceptors (Lipinski definition) is 7. The molecule has 0 aliphatic carbocycles. The summed E-state index contributed by atoms with van der Waals surface area (Å²) in [6.07, 6.45) is 0. The van der Waals surface area contributed by atoms with Gasteiger partial charge in [-0.2, -0.15) is 0 Å². The molecule has 0 aliphatic rings. The van der Waals surface area contributed by atoms with Crippen molar-refractivity contribution in [2.45, 2.75) is 13.0 Å². The summed E-state index contributed by atoms with van der Waals surface area (Å²) in [5, 5.41) is 18.4. The lowest BCUT2D eigenvalue weighted by molar-refractivity contribution is -0.385. The molecule has 2 N–H and O–H groups in total. The van der Waals surface area contributed by atoms with Crippen LogP contribution in [0.15, 0.2) is 22.6 Å². The Kier molecular flexibility index (Phi) is 3.43. The Bertz CT molecular complexity index is 608. The average molecular weight is 264 g/mol. The van der Waals surface area contributed by atoms with Gasteiger partial charge in [-0.1, -0.05) is 0 Å². The van der Waals surface area contributed by atoms with Crippen molar-refractivity contribution in [1.82, 2.24) is 10.2 Å². The Labute approximate surface area is 108 Å². The van der Waals surface area contributed by atoms with Gasteiger partial charge in [0.1, 0.15) is 0 Å². The molecule has 0 spiro atoms. The normalized spacial score (nSPS) is 12.2. The SMILES string of the molecule is COc1cc(-c2nnc(C(C)N)o2)ccc1[N+](=O)[O-]. The molecule has 19 heavy (non-hydrogen) atoms. The number of nitrogens with two attached hydrogens (primary N) is 1. The van der Waals surface area contributed by atoms with Gasteiger partial charge >= 0.3 is 5.69 Å². The van der Waals surface area contributed by atoms with E-state index in [9.17, 15) is 10.1 Å². The lowest BCUT2D eigenvalue weighted by Crippen LogP contribution is -2.04. The number of rotatable bonds is 4. The molecule has 0 bridgehead atoms. The zero-order valence-electron chi connectivity index (χ0n) is 10.4. The first-order valence-electron chi connectivity index (χ1n) is 5.44. The number of benzene rings is 1. The van der Waals surface area contributed by atoms with Crippen molar-refractivity contribution in [1.29, 1.82) is 0 Å². The molecule has 0 saturated carbocycles. The van der Waals surface area contributed by atoms with Crippen LogP contribution in [0.4, 0.5) is 5.69 Å². The summed E-state index contributed by atoms with van der Waals surface area (Å²) in [5.74, 6) is 0.663. The third kappa shape index (κ3) is 2.52. The van der Waals surface area contributed by atoms with Crippen LogP contribution in [-0.2, 0) is 0 Å². The number of aromatic nitrogens is 2. The number of nitro groups is 1. The molecule has 1 aromatic heterocycles. The minimum absolute atomic E-state index is 0.127. The van der Waals surface area contributed by atoms with Gasteiger partial charge in [-0.15, -0.1) is 10.2 Å². The summed E-state index contributed by atoms with van der Waals surface area (Å²) >= 11 is 0. The maximum atomic E-state index is 10.8. The first-order chi connectivity index (χ1) is 9.02. The van der Waals surface area contributed by atoms with Crippen molar-refractivity contribution in [3.8, 4) is 17.2 Å². The highest BCUT2D eigenvalue weighted by Crippen LogP contribution is 2.31. The van der Waals surface area contributed by atoms with E-state index in [1.54, 1.807) is 6.92 Å². The van der Waals surface area contributed by atoms with Crippen molar-refractivity contribution in [2.24, 2.45) is 5.73 Å². The predicted molar refractivity (Wildman–Crippen MR) is 65.5 cm³/mol. The van der Waals surface area contributed by atoms with Crippen LogP contribution in [0.1, 0.15) is 18.9 Å². The van der Waals surface area contributed by atoms with E-state index in [1.807, 2.05) is 0 Å². The molecule has 1 aromatic carbocycles. The minimum Gasteiger partial charge on any atom is -0.490 e. The summed E-state index contributed by atoms with van der Waals surface area (Å²) in [6.45, 7) is 1.72. The Hall–Kier alpha value is -2.48. The highest BCUT2D eigenvalue weighted by Gasteiger charge is 2.18. The van der Waals surface area contributed by atoms with Crippen LogP contribution in [0.3, 0.4) is 0 Å². The summed E-state index contributed by atoms with van der Waals surface area (Å²) in [5.41, 5.74) is 6.02. The second kappa shape index (κ2) is 5.02. The second-order valence-electron chi connectivity index (χ2n) is 3.88. The summed E-state index contributed by atoms with van der Waals surface area (Å²) in [6, 6.07) is 3.93. The van der Waals surface area contributed by atoms with E-state index < -0.39 is 4.92 Å². The largest absolute Gasteiger partial charge is 0.490 e. The number of methoxy groups -OCH3 is 1. The van der Waals surface area contributed by atoms with Gasteiger partial charge in [-0.05, 0) is 13.0 Å². The fraction of sp³-hybridized carbons (Fsp3) is 0.273. The molecule has 0 fully saturated rings. The first-order valence-corrected chi connectivity index (χ1v) is 5.44. The van der Waals surface area contributed by atoms with Crippen LogP contribution in [0.5, 0.6) is 5.75 Å². The molecule has 0 amide bonds. The second-order valence-corrected chi connectivity index (χ2v) is 3.88. The van der Waals surface area contributed by atoms with Crippen LogP contribution in [0.25, 0.3) is 11.5 Å². The summed E-state index contributed by atoms with van der Waals surface area (Å²) < 4.78 is 10.3. The lowest BCUT2D eigenvalue weighted by Gasteiger charge is -2.02. The third-order valence-electron chi connectivity index (χ3n) is 2.45. The van der Waals surface area contributed by atoms with Gasteiger partial charge in [0.05, 0.1) is 18.1 Å². The molecule has 0 radical (unpaired) electrons. The number of nitrogens with zero attached hydrogens (tertiary/aromatic N) is 3. The lowest BCUT2D eigenvalue weighted by atomic mass is 10.2. The Morgan fingerprint density at radius 1 is 1.47 bits per heavy atom. The van der Waals surface area contributed by atoms with Crippen molar-refractivity contribution < 1.29 is 14.1 Å². The topological polar surface area (TPSA) is 117 Å². The predicted octanol–water partition coefficient (Wildman–Crippen LogP) is 1.67. The Morgan fingerprint density at radius 2 is 2.21 bits per heavy atom.